The second kappa shape index (κ2) is 13.7. The molecule has 0 aliphatic rings. The third kappa shape index (κ3) is 6.94. The molecule has 13 nitrogen and oxygen atoms in total. The molecule has 2 N–H and O–H groups in total. The Labute approximate surface area is 256 Å². The van der Waals surface area contributed by atoms with Crippen LogP contribution in [0.15, 0.2) is 111 Å². The van der Waals surface area contributed by atoms with Crippen molar-refractivity contribution in [1.29, 1.82) is 5.26 Å². The van der Waals surface area contributed by atoms with Gasteiger partial charge in [-0.15, -0.1) is 0 Å². The van der Waals surface area contributed by atoms with Crippen LogP contribution in [0, 0.1) is 16.5 Å². The van der Waals surface area contributed by atoms with E-state index in [1.807, 2.05) is 60.7 Å². The summed E-state index contributed by atoms with van der Waals surface area (Å²) in [6.45, 7) is -0.225. The van der Waals surface area contributed by atoms with E-state index in [2.05, 4.69) is 36.5 Å². The van der Waals surface area contributed by atoms with Crippen LogP contribution in [-0.4, -0.2) is 48.4 Å². The van der Waals surface area contributed by atoms with Crippen LogP contribution in [-0.2, 0) is 14.6 Å². The Kier molecular flexibility index (Phi) is 9.33. The molecule has 0 atom stereocenters. The van der Waals surface area contributed by atoms with Gasteiger partial charge in [-0.3, -0.25) is 9.42 Å². The molecule has 0 aliphatic heterocycles. The van der Waals surface area contributed by atoms with E-state index in [-0.39, 0.29) is 45.3 Å². The van der Waals surface area contributed by atoms with Crippen molar-refractivity contribution in [2.24, 2.45) is 0 Å². The Morgan fingerprint density at radius 1 is 1.00 bits per heavy atom. The van der Waals surface area contributed by atoms with Crippen LogP contribution in [0.25, 0.3) is 11.3 Å². The SMILES string of the molecule is N#Cc1c(Nc2ccccc2)nc(SCC(=O)NCCOc2no[n+]([O-])c2S(=O)(=O)c2ccccc2)nc1-c1ccccc1. The van der Waals surface area contributed by atoms with Crippen molar-refractivity contribution < 1.29 is 27.5 Å². The summed E-state index contributed by atoms with van der Waals surface area (Å²) >= 11 is 1.07. The molecule has 0 spiro atoms. The molecular weight excluding hydrogens is 606 g/mol. The lowest BCUT2D eigenvalue weighted by Crippen LogP contribution is -2.32. The molecule has 5 aromatic rings. The first-order chi connectivity index (χ1) is 21.4. The lowest BCUT2D eigenvalue weighted by molar-refractivity contribution is -0.832. The van der Waals surface area contributed by atoms with Gasteiger partial charge in [0.05, 0.1) is 28.0 Å². The van der Waals surface area contributed by atoms with Gasteiger partial charge in [-0.05, 0) is 29.2 Å². The van der Waals surface area contributed by atoms with Crippen LogP contribution < -0.4 is 20.3 Å². The minimum absolute atomic E-state index is 0.0275. The number of aromatic nitrogens is 4. The number of nitrogens with zero attached hydrogens (tertiary/aromatic N) is 5. The Balaban J connectivity index is 1.23. The molecule has 0 bridgehead atoms. The fourth-order valence-corrected chi connectivity index (χ4v) is 5.89. The number of para-hydroxylation sites is 1. The lowest BCUT2D eigenvalue weighted by Gasteiger charge is -2.13. The summed E-state index contributed by atoms with van der Waals surface area (Å²) < 4.78 is 35.5. The van der Waals surface area contributed by atoms with Crippen molar-refractivity contribution in [3.05, 3.63) is 102 Å². The molecule has 3 aromatic carbocycles. The van der Waals surface area contributed by atoms with Gasteiger partial charge in [0.1, 0.15) is 18.2 Å². The highest BCUT2D eigenvalue weighted by Gasteiger charge is 2.35. The van der Waals surface area contributed by atoms with Crippen LogP contribution in [0.2, 0.25) is 0 Å². The number of benzene rings is 3. The number of nitrogens with one attached hydrogen (secondary N) is 2. The first kappa shape index (κ1) is 30.0. The number of carbonyl (C=O) groups is 1. The maximum Gasteiger partial charge on any atom is 0.415 e. The quantitative estimate of drug-likeness (QED) is 0.0886. The standard InChI is InChI=1S/C29H23N7O6S2/c30-18-23-25(20-10-4-1-5-11-20)33-29(34-26(23)32-21-12-6-2-7-13-21)43-19-24(37)31-16-17-41-27-28(36(38)42-35-27)44(39,40)22-14-8-3-9-15-22/h1-15H,16-17,19H2,(H,31,37)(H,32,33,34). The van der Waals surface area contributed by atoms with Crippen molar-refractivity contribution in [1.82, 2.24) is 20.4 Å². The van der Waals surface area contributed by atoms with Crippen LogP contribution in [0.4, 0.5) is 11.5 Å². The topological polar surface area (TPSA) is 187 Å². The van der Waals surface area contributed by atoms with Crippen molar-refractivity contribution in [3.63, 3.8) is 0 Å². The molecule has 222 valence electrons. The second-order valence-corrected chi connectivity index (χ2v) is 11.7. The van der Waals surface area contributed by atoms with Crippen LogP contribution in [0.1, 0.15) is 5.56 Å². The average Bonchev–Trinajstić information content (AvgIpc) is 3.44. The number of hydrogen-bond donors (Lipinski definition) is 2. The molecule has 0 radical (unpaired) electrons. The maximum absolute atomic E-state index is 12.9. The molecule has 2 aromatic heterocycles. The first-order valence-electron chi connectivity index (χ1n) is 13.0. The average molecular weight is 630 g/mol. The number of ether oxygens (including phenoxy) is 1. The van der Waals surface area contributed by atoms with Gasteiger partial charge in [0.2, 0.25) is 5.91 Å². The number of hydrogen-bond acceptors (Lipinski definition) is 12. The molecular formula is C29H23N7O6S2. The van der Waals surface area contributed by atoms with E-state index in [1.165, 1.54) is 24.3 Å². The number of rotatable bonds is 12. The number of nitriles is 1. The number of amides is 1. The minimum atomic E-state index is -4.26. The second-order valence-electron chi connectivity index (χ2n) is 8.89. The van der Waals surface area contributed by atoms with Crippen LogP contribution in [0.5, 0.6) is 5.88 Å². The summed E-state index contributed by atoms with van der Waals surface area (Å²) in [6, 6.07) is 27.9. The molecule has 2 heterocycles. The first-order valence-corrected chi connectivity index (χ1v) is 15.5. The Bertz CT molecular complexity index is 1900. The highest BCUT2D eigenvalue weighted by Crippen LogP contribution is 2.30. The van der Waals surface area contributed by atoms with E-state index in [0.29, 0.717) is 17.1 Å². The predicted molar refractivity (Wildman–Crippen MR) is 158 cm³/mol. The summed E-state index contributed by atoms with van der Waals surface area (Å²) in [7, 11) is -4.26. The maximum atomic E-state index is 12.9. The highest BCUT2D eigenvalue weighted by atomic mass is 32.2. The van der Waals surface area contributed by atoms with E-state index < -0.39 is 20.7 Å². The zero-order valence-corrected chi connectivity index (χ0v) is 24.4. The summed E-state index contributed by atoms with van der Waals surface area (Å²) in [4.78, 5) is 21.3. The molecule has 1 amide bonds. The summed E-state index contributed by atoms with van der Waals surface area (Å²) in [5, 5.41) is 30.7. The molecule has 0 unspecified atom stereocenters. The molecule has 15 heteroatoms. The lowest BCUT2D eigenvalue weighted by atomic mass is 10.1. The van der Waals surface area contributed by atoms with E-state index in [1.54, 1.807) is 6.07 Å². The van der Waals surface area contributed by atoms with E-state index in [4.69, 9.17) is 4.74 Å². The van der Waals surface area contributed by atoms with Crippen molar-refractivity contribution in [2.75, 3.05) is 24.2 Å². The number of sulfone groups is 1. The van der Waals surface area contributed by atoms with Crippen molar-refractivity contribution in [2.45, 2.75) is 15.1 Å². The highest BCUT2D eigenvalue weighted by molar-refractivity contribution is 7.99. The van der Waals surface area contributed by atoms with E-state index in [9.17, 15) is 23.7 Å². The van der Waals surface area contributed by atoms with Crippen LogP contribution in [0.3, 0.4) is 0 Å². The normalized spacial score (nSPS) is 11.0. The van der Waals surface area contributed by atoms with Gasteiger partial charge in [0.25, 0.3) is 9.84 Å². The predicted octanol–water partition coefficient (Wildman–Crippen LogP) is 3.50. The Morgan fingerprint density at radius 2 is 1.66 bits per heavy atom. The van der Waals surface area contributed by atoms with E-state index in [0.717, 1.165) is 17.4 Å². The minimum Gasteiger partial charge on any atom is -0.453 e. The fraction of sp³-hybridized carbons (Fsp3) is 0.103. The fourth-order valence-electron chi connectivity index (χ4n) is 3.92. The number of thioether (sulfide) groups is 1. The van der Waals surface area contributed by atoms with Gasteiger partial charge in [-0.1, -0.05) is 78.5 Å². The van der Waals surface area contributed by atoms with Gasteiger partial charge >= 0.3 is 10.9 Å². The number of anilines is 2. The van der Waals surface area contributed by atoms with Crippen molar-refractivity contribution >= 4 is 39.0 Å². The molecule has 44 heavy (non-hydrogen) atoms. The van der Waals surface area contributed by atoms with Gasteiger partial charge in [0, 0.05) is 11.3 Å². The van der Waals surface area contributed by atoms with Gasteiger partial charge in [0.15, 0.2) is 11.0 Å². The molecule has 0 saturated heterocycles. The third-order valence-corrected chi connectivity index (χ3v) is 8.51. The zero-order valence-electron chi connectivity index (χ0n) is 22.8. The zero-order chi connectivity index (χ0) is 30.9. The molecule has 0 aliphatic carbocycles. The Morgan fingerprint density at radius 3 is 2.34 bits per heavy atom. The van der Waals surface area contributed by atoms with Gasteiger partial charge in [-0.2, -0.15) is 5.26 Å². The van der Waals surface area contributed by atoms with Gasteiger partial charge in [-0.25, -0.2) is 18.4 Å². The third-order valence-electron chi connectivity index (χ3n) is 5.93. The summed E-state index contributed by atoms with van der Waals surface area (Å²) in [5.41, 5.74) is 2.12. The van der Waals surface area contributed by atoms with Gasteiger partial charge < -0.3 is 20.6 Å². The monoisotopic (exact) mass is 629 g/mol. The smallest absolute Gasteiger partial charge is 0.415 e. The molecule has 0 saturated carbocycles. The van der Waals surface area contributed by atoms with Crippen molar-refractivity contribution in [3.8, 4) is 23.2 Å². The molecule has 5 rings (SSSR count). The number of carbonyl (C=O) groups excluding carboxylic acids is 1. The summed E-state index contributed by atoms with van der Waals surface area (Å²) in [5.74, 6) is -0.677. The summed E-state index contributed by atoms with van der Waals surface area (Å²) in [6.07, 6.45) is 0. The van der Waals surface area contributed by atoms with E-state index >= 15 is 0 Å². The largest absolute Gasteiger partial charge is 0.453 e. The van der Waals surface area contributed by atoms with Crippen LogP contribution >= 0.6 is 11.8 Å². The Hall–Kier alpha value is -5.46. The molecule has 0 fully saturated rings.